The van der Waals surface area contributed by atoms with Crippen LogP contribution in [0, 0.1) is 6.92 Å². The first-order valence-electron chi connectivity index (χ1n) is 7.65. The average Bonchev–Trinajstić information content (AvgIpc) is 2.96. The lowest BCUT2D eigenvalue weighted by Gasteiger charge is -2.29. The molecule has 2 aliphatic rings. The summed E-state index contributed by atoms with van der Waals surface area (Å²) in [6, 6.07) is 1.66. The number of fused-ring (bicyclic) bond motifs is 2. The number of carbonyl (C=O) groups excluding carboxylic acids is 1. The minimum absolute atomic E-state index is 0. The second-order valence-corrected chi connectivity index (χ2v) is 7.15. The third-order valence-electron chi connectivity index (χ3n) is 4.34. The molecule has 2 saturated heterocycles. The van der Waals surface area contributed by atoms with Gasteiger partial charge in [0.05, 0.1) is 10.7 Å². The number of hydrogen-bond donors (Lipinski definition) is 2. The number of halogens is 2. The molecule has 126 valence electrons. The molecule has 0 spiro atoms. The maximum absolute atomic E-state index is 12.0. The number of nitrogens with one attached hydrogen (secondary N) is 2. The number of hydrogen-bond acceptors (Lipinski definition) is 4. The van der Waals surface area contributed by atoms with Gasteiger partial charge in [0.2, 0.25) is 5.91 Å². The molecule has 7 heteroatoms. The molecular formula is C15H25Cl2N3OS. The van der Waals surface area contributed by atoms with Crippen LogP contribution in [0.25, 0.3) is 0 Å². The SMILES string of the molecule is Cc1nc(CCCC(=O)NC2CC3CCC(C2)N3)cs1.Cl.Cl. The Labute approximate surface area is 148 Å². The second-order valence-electron chi connectivity index (χ2n) is 6.09. The molecule has 1 aromatic heterocycles. The lowest BCUT2D eigenvalue weighted by molar-refractivity contribution is -0.122. The number of aryl methyl sites for hydroxylation is 2. The zero-order valence-corrected chi connectivity index (χ0v) is 15.3. The molecule has 0 saturated carbocycles. The van der Waals surface area contributed by atoms with Crippen molar-refractivity contribution in [2.75, 3.05) is 0 Å². The summed E-state index contributed by atoms with van der Waals surface area (Å²) < 4.78 is 0. The van der Waals surface area contributed by atoms with Crippen LogP contribution in [0.1, 0.15) is 49.2 Å². The molecule has 3 rings (SSSR count). The highest BCUT2D eigenvalue weighted by Gasteiger charge is 2.33. The highest BCUT2D eigenvalue weighted by atomic mass is 35.5. The van der Waals surface area contributed by atoms with Crippen LogP contribution in [-0.4, -0.2) is 29.0 Å². The third-order valence-corrected chi connectivity index (χ3v) is 5.16. The highest BCUT2D eigenvalue weighted by Crippen LogP contribution is 2.26. The number of thiazole rings is 1. The zero-order valence-electron chi connectivity index (χ0n) is 12.8. The number of aromatic nitrogens is 1. The number of nitrogens with zero attached hydrogens (tertiary/aromatic N) is 1. The quantitative estimate of drug-likeness (QED) is 0.842. The van der Waals surface area contributed by atoms with E-state index in [9.17, 15) is 4.79 Å². The lowest BCUT2D eigenvalue weighted by atomic mass is 9.99. The molecule has 2 aliphatic heterocycles. The van der Waals surface area contributed by atoms with E-state index in [1.807, 2.05) is 6.92 Å². The van der Waals surface area contributed by atoms with Crippen molar-refractivity contribution in [3.05, 3.63) is 16.1 Å². The van der Waals surface area contributed by atoms with Crippen molar-refractivity contribution in [3.63, 3.8) is 0 Å². The van der Waals surface area contributed by atoms with Crippen LogP contribution < -0.4 is 10.6 Å². The molecule has 1 aromatic rings. The van der Waals surface area contributed by atoms with Crippen LogP contribution in [0.2, 0.25) is 0 Å². The van der Waals surface area contributed by atoms with E-state index in [0.29, 0.717) is 24.5 Å². The first kappa shape index (κ1) is 19.7. The van der Waals surface area contributed by atoms with E-state index >= 15 is 0 Å². The van der Waals surface area contributed by atoms with Crippen LogP contribution in [0.4, 0.5) is 0 Å². The van der Waals surface area contributed by atoms with Gasteiger partial charge in [0.25, 0.3) is 0 Å². The van der Waals surface area contributed by atoms with E-state index in [0.717, 1.165) is 36.4 Å². The number of piperidine rings is 1. The van der Waals surface area contributed by atoms with Gasteiger partial charge in [0.15, 0.2) is 0 Å². The lowest BCUT2D eigenvalue weighted by Crippen LogP contribution is -2.48. The Kier molecular flexibility index (Phi) is 8.11. The van der Waals surface area contributed by atoms with Gasteiger partial charge in [0, 0.05) is 29.9 Å². The standard InChI is InChI=1S/C15H23N3OS.2ClH/c1-10-16-13(9-20-10)3-2-4-15(19)18-14-7-11-5-6-12(8-14)17-11;;/h9,11-12,14,17H,2-8H2,1H3,(H,18,19);2*1H. The summed E-state index contributed by atoms with van der Waals surface area (Å²) in [4.78, 5) is 16.4. The van der Waals surface area contributed by atoms with Gasteiger partial charge in [-0.05, 0) is 45.4 Å². The highest BCUT2D eigenvalue weighted by molar-refractivity contribution is 7.09. The average molecular weight is 366 g/mol. The summed E-state index contributed by atoms with van der Waals surface area (Å²) in [7, 11) is 0. The fraction of sp³-hybridized carbons (Fsp3) is 0.733. The number of amides is 1. The van der Waals surface area contributed by atoms with Crippen LogP contribution in [-0.2, 0) is 11.2 Å². The maximum atomic E-state index is 12.0. The zero-order chi connectivity index (χ0) is 13.9. The summed E-state index contributed by atoms with van der Waals surface area (Å²) in [5.74, 6) is 0.211. The topological polar surface area (TPSA) is 54.0 Å². The molecule has 2 fully saturated rings. The summed E-state index contributed by atoms with van der Waals surface area (Å²) in [6.07, 6.45) is 7.19. The molecule has 2 unspecified atom stereocenters. The van der Waals surface area contributed by atoms with Crippen molar-refractivity contribution in [3.8, 4) is 0 Å². The fourth-order valence-corrected chi connectivity index (χ4v) is 4.08. The van der Waals surface area contributed by atoms with Gasteiger partial charge in [-0.2, -0.15) is 0 Å². The van der Waals surface area contributed by atoms with Crippen LogP contribution in [0.3, 0.4) is 0 Å². The molecule has 2 bridgehead atoms. The summed E-state index contributed by atoms with van der Waals surface area (Å²) in [5.41, 5.74) is 1.13. The van der Waals surface area contributed by atoms with E-state index in [1.165, 1.54) is 12.8 Å². The predicted molar refractivity (Wildman–Crippen MR) is 95.4 cm³/mol. The molecule has 0 aliphatic carbocycles. The number of rotatable bonds is 5. The Morgan fingerprint density at radius 3 is 2.64 bits per heavy atom. The van der Waals surface area contributed by atoms with Gasteiger partial charge in [-0.3, -0.25) is 4.79 Å². The van der Waals surface area contributed by atoms with E-state index in [-0.39, 0.29) is 30.7 Å². The van der Waals surface area contributed by atoms with Gasteiger partial charge < -0.3 is 10.6 Å². The van der Waals surface area contributed by atoms with Gasteiger partial charge >= 0.3 is 0 Å². The Balaban J connectivity index is 0.00000121. The normalized spacial score (nSPS) is 26.0. The van der Waals surface area contributed by atoms with Gasteiger partial charge in [-0.15, -0.1) is 36.2 Å². The molecule has 22 heavy (non-hydrogen) atoms. The summed E-state index contributed by atoms with van der Waals surface area (Å²) >= 11 is 1.68. The first-order valence-corrected chi connectivity index (χ1v) is 8.53. The molecule has 3 heterocycles. The molecule has 1 amide bonds. The van der Waals surface area contributed by atoms with E-state index in [4.69, 9.17) is 0 Å². The van der Waals surface area contributed by atoms with Crippen molar-refractivity contribution < 1.29 is 4.79 Å². The van der Waals surface area contributed by atoms with Gasteiger partial charge in [0.1, 0.15) is 0 Å². The predicted octanol–water partition coefficient (Wildman–Crippen LogP) is 3.02. The van der Waals surface area contributed by atoms with Gasteiger partial charge in [-0.1, -0.05) is 0 Å². The molecular weight excluding hydrogens is 341 g/mol. The van der Waals surface area contributed by atoms with E-state index in [1.54, 1.807) is 11.3 Å². The van der Waals surface area contributed by atoms with E-state index < -0.39 is 0 Å². The Morgan fingerprint density at radius 1 is 1.36 bits per heavy atom. The molecule has 4 nitrogen and oxygen atoms in total. The van der Waals surface area contributed by atoms with Crippen molar-refractivity contribution >= 4 is 42.1 Å². The smallest absolute Gasteiger partial charge is 0.220 e. The molecule has 0 radical (unpaired) electrons. The summed E-state index contributed by atoms with van der Waals surface area (Å²) in [6.45, 7) is 2.02. The Morgan fingerprint density at radius 2 is 2.05 bits per heavy atom. The van der Waals surface area contributed by atoms with Crippen molar-refractivity contribution in [1.29, 1.82) is 0 Å². The minimum Gasteiger partial charge on any atom is -0.353 e. The monoisotopic (exact) mass is 365 g/mol. The van der Waals surface area contributed by atoms with Gasteiger partial charge in [-0.25, -0.2) is 4.98 Å². The fourth-order valence-electron chi connectivity index (χ4n) is 3.43. The summed E-state index contributed by atoms with van der Waals surface area (Å²) in [5, 5.41) is 10.0. The molecule has 2 atom stereocenters. The third kappa shape index (κ3) is 5.37. The Bertz CT molecular complexity index is 471. The van der Waals surface area contributed by atoms with Crippen molar-refractivity contribution in [2.45, 2.75) is 70.0 Å². The van der Waals surface area contributed by atoms with Crippen molar-refractivity contribution in [1.82, 2.24) is 15.6 Å². The first-order chi connectivity index (χ1) is 9.69. The maximum Gasteiger partial charge on any atom is 0.220 e. The minimum atomic E-state index is 0. The molecule has 2 N–H and O–H groups in total. The molecule has 0 aromatic carbocycles. The largest absolute Gasteiger partial charge is 0.353 e. The second kappa shape index (κ2) is 9.06. The van der Waals surface area contributed by atoms with E-state index in [2.05, 4.69) is 21.0 Å². The van der Waals surface area contributed by atoms with Crippen LogP contribution >= 0.6 is 36.2 Å². The Hall–Kier alpha value is -0.360. The van der Waals surface area contributed by atoms with Crippen LogP contribution in [0.15, 0.2) is 5.38 Å². The van der Waals surface area contributed by atoms with Crippen molar-refractivity contribution in [2.24, 2.45) is 0 Å². The van der Waals surface area contributed by atoms with Crippen LogP contribution in [0.5, 0.6) is 0 Å². The number of carbonyl (C=O) groups is 1.